The van der Waals surface area contributed by atoms with Crippen LogP contribution in [0.5, 0.6) is 0 Å². The summed E-state index contributed by atoms with van der Waals surface area (Å²) in [6.07, 6.45) is 5.07. The number of aliphatic carboxylic acids is 1. The Bertz CT molecular complexity index is 177. The Morgan fingerprint density at radius 3 is 2.29 bits per heavy atom. The van der Waals surface area contributed by atoms with Crippen LogP contribution in [0.15, 0.2) is 0 Å². The standard InChI is InChI=1S/C12H24O2/c1-5-7-8-9-12(4,11(13)14)10(3)6-2/h10H,5-9H2,1-4H3,(H,13,14). The molecule has 0 aliphatic heterocycles. The lowest BCUT2D eigenvalue weighted by atomic mass is 9.73. The maximum Gasteiger partial charge on any atom is 0.309 e. The minimum atomic E-state index is -0.636. The molecule has 84 valence electrons. The van der Waals surface area contributed by atoms with Gasteiger partial charge in [-0.1, -0.05) is 46.5 Å². The Labute approximate surface area is 87.7 Å². The van der Waals surface area contributed by atoms with E-state index in [1.54, 1.807) is 0 Å². The van der Waals surface area contributed by atoms with Crippen LogP contribution in [0.4, 0.5) is 0 Å². The molecule has 0 spiro atoms. The highest BCUT2D eigenvalue weighted by Crippen LogP contribution is 2.35. The van der Waals surface area contributed by atoms with Crippen molar-refractivity contribution in [1.29, 1.82) is 0 Å². The number of carboxylic acid groups (broad SMARTS) is 1. The first kappa shape index (κ1) is 13.5. The molecular weight excluding hydrogens is 176 g/mol. The van der Waals surface area contributed by atoms with Gasteiger partial charge in [0.15, 0.2) is 0 Å². The van der Waals surface area contributed by atoms with E-state index in [2.05, 4.69) is 13.8 Å². The van der Waals surface area contributed by atoms with E-state index in [0.717, 1.165) is 32.1 Å². The van der Waals surface area contributed by atoms with Crippen molar-refractivity contribution in [2.24, 2.45) is 11.3 Å². The van der Waals surface area contributed by atoms with Gasteiger partial charge in [-0.2, -0.15) is 0 Å². The summed E-state index contributed by atoms with van der Waals surface area (Å²) in [6.45, 7) is 8.13. The highest BCUT2D eigenvalue weighted by molar-refractivity contribution is 5.74. The van der Waals surface area contributed by atoms with E-state index in [4.69, 9.17) is 0 Å². The van der Waals surface area contributed by atoms with Gasteiger partial charge in [0.05, 0.1) is 5.41 Å². The van der Waals surface area contributed by atoms with E-state index in [1.165, 1.54) is 0 Å². The van der Waals surface area contributed by atoms with Gasteiger partial charge in [0.2, 0.25) is 0 Å². The van der Waals surface area contributed by atoms with Gasteiger partial charge >= 0.3 is 5.97 Å². The summed E-state index contributed by atoms with van der Waals surface area (Å²) in [5.41, 5.74) is -0.524. The summed E-state index contributed by atoms with van der Waals surface area (Å²) in [5, 5.41) is 9.23. The third kappa shape index (κ3) is 3.32. The van der Waals surface area contributed by atoms with Gasteiger partial charge in [0.1, 0.15) is 0 Å². The Balaban J connectivity index is 4.32. The second kappa shape index (κ2) is 6.05. The van der Waals surface area contributed by atoms with Crippen LogP contribution in [0.2, 0.25) is 0 Å². The van der Waals surface area contributed by atoms with Gasteiger partial charge in [-0.3, -0.25) is 4.79 Å². The van der Waals surface area contributed by atoms with E-state index in [1.807, 2.05) is 13.8 Å². The molecule has 0 aromatic rings. The Morgan fingerprint density at radius 1 is 1.36 bits per heavy atom. The molecule has 0 bridgehead atoms. The second-order valence-electron chi connectivity index (χ2n) is 4.49. The molecule has 0 saturated carbocycles. The molecule has 0 aromatic heterocycles. The van der Waals surface area contributed by atoms with Crippen LogP contribution in [0.25, 0.3) is 0 Å². The van der Waals surface area contributed by atoms with Crippen molar-refractivity contribution in [2.75, 3.05) is 0 Å². The summed E-state index contributed by atoms with van der Waals surface area (Å²) in [7, 11) is 0. The van der Waals surface area contributed by atoms with Gasteiger partial charge < -0.3 is 5.11 Å². The first-order valence-electron chi connectivity index (χ1n) is 5.72. The third-order valence-corrected chi connectivity index (χ3v) is 3.49. The van der Waals surface area contributed by atoms with Crippen LogP contribution >= 0.6 is 0 Å². The zero-order chi connectivity index (χ0) is 11.2. The molecular formula is C12H24O2. The van der Waals surface area contributed by atoms with E-state index in [9.17, 15) is 9.90 Å². The monoisotopic (exact) mass is 200 g/mol. The fourth-order valence-electron chi connectivity index (χ4n) is 1.76. The van der Waals surface area contributed by atoms with Crippen molar-refractivity contribution in [1.82, 2.24) is 0 Å². The summed E-state index contributed by atoms with van der Waals surface area (Å²) in [5.74, 6) is -0.375. The molecule has 2 heteroatoms. The summed E-state index contributed by atoms with van der Waals surface area (Å²) < 4.78 is 0. The Hall–Kier alpha value is -0.530. The lowest BCUT2D eigenvalue weighted by Crippen LogP contribution is -2.34. The second-order valence-corrected chi connectivity index (χ2v) is 4.49. The summed E-state index contributed by atoms with van der Waals surface area (Å²) in [4.78, 5) is 11.2. The molecule has 0 aromatic carbocycles. The van der Waals surface area contributed by atoms with Gasteiger partial charge in [0.25, 0.3) is 0 Å². The molecule has 0 radical (unpaired) electrons. The van der Waals surface area contributed by atoms with Gasteiger partial charge in [-0.15, -0.1) is 0 Å². The number of unbranched alkanes of at least 4 members (excludes halogenated alkanes) is 2. The minimum Gasteiger partial charge on any atom is -0.481 e. The molecule has 0 fully saturated rings. The van der Waals surface area contributed by atoms with Crippen LogP contribution < -0.4 is 0 Å². The highest BCUT2D eigenvalue weighted by atomic mass is 16.4. The molecule has 2 nitrogen and oxygen atoms in total. The predicted molar refractivity (Wildman–Crippen MR) is 59.3 cm³/mol. The van der Waals surface area contributed by atoms with E-state index < -0.39 is 11.4 Å². The van der Waals surface area contributed by atoms with Gasteiger partial charge in [0, 0.05) is 0 Å². The molecule has 1 N–H and O–H groups in total. The number of hydrogen-bond acceptors (Lipinski definition) is 1. The Morgan fingerprint density at radius 2 is 1.93 bits per heavy atom. The molecule has 0 saturated heterocycles. The average Bonchev–Trinajstić information content (AvgIpc) is 2.16. The average molecular weight is 200 g/mol. The number of hydrogen-bond donors (Lipinski definition) is 1. The van der Waals surface area contributed by atoms with Crippen LogP contribution in [0.1, 0.15) is 59.8 Å². The van der Waals surface area contributed by atoms with E-state index >= 15 is 0 Å². The van der Waals surface area contributed by atoms with Crippen LogP contribution in [-0.4, -0.2) is 11.1 Å². The highest BCUT2D eigenvalue weighted by Gasteiger charge is 2.37. The van der Waals surface area contributed by atoms with Crippen molar-refractivity contribution < 1.29 is 9.90 Å². The quantitative estimate of drug-likeness (QED) is 0.636. The Kier molecular flexibility index (Phi) is 5.82. The first-order valence-corrected chi connectivity index (χ1v) is 5.72. The predicted octanol–water partition coefficient (Wildman–Crippen LogP) is 3.70. The SMILES string of the molecule is CCCCCC(C)(C(=O)O)C(C)CC. The van der Waals surface area contributed by atoms with Crippen molar-refractivity contribution in [3.05, 3.63) is 0 Å². The molecule has 0 amide bonds. The molecule has 0 aliphatic carbocycles. The molecule has 0 aliphatic rings. The largest absolute Gasteiger partial charge is 0.481 e. The third-order valence-electron chi connectivity index (χ3n) is 3.49. The normalized spacial score (nSPS) is 17.4. The van der Waals surface area contributed by atoms with Crippen molar-refractivity contribution >= 4 is 5.97 Å². The van der Waals surface area contributed by atoms with E-state index in [0.29, 0.717) is 0 Å². The number of carboxylic acids is 1. The van der Waals surface area contributed by atoms with Crippen LogP contribution in [0, 0.1) is 11.3 Å². The van der Waals surface area contributed by atoms with Gasteiger partial charge in [-0.05, 0) is 19.3 Å². The fourth-order valence-corrected chi connectivity index (χ4v) is 1.76. The van der Waals surface area contributed by atoms with E-state index in [-0.39, 0.29) is 5.92 Å². The van der Waals surface area contributed by atoms with Crippen LogP contribution in [0.3, 0.4) is 0 Å². The summed E-state index contributed by atoms with van der Waals surface area (Å²) in [6, 6.07) is 0. The maximum atomic E-state index is 11.2. The summed E-state index contributed by atoms with van der Waals surface area (Å²) >= 11 is 0. The smallest absolute Gasteiger partial charge is 0.309 e. The number of rotatable bonds is 7. The topological polar surface area (TPSA) is 37.3 Å². The lowest BCUT2D eigenvalue weighted by molar-refractivity contribution is -0.151. The first-order chi connectivity index (χ1) is 6.49. The molecule has 2 atom stereocenters. The van der Waals surface area contributed by atoms with Crippen molar-refractivity contribution in [3.63, 3.8) is 0 Å². The maximum absolute atomic E-state index is 11.2. The fraction of sp³-hybridized carbons (Fsp3) is 0.917. The van der Waals surface area contributed by atoms with Gasteiger partial charge in [-0.25, -0.2) is 0 Å². The zero-order valence-corrected chi connectivity index (χ0v) is 9.97. The van der Waals surface area contributed by atoms with Crippen LogP contribution in [-0.2, 0) is 4.79 Å². The molecule has 2 unspecified atom stereocenters. The minimum absolute atomic E-state index is 0.261. The molecule has 14 heavy (non-hydrogen) atoms. The van der Waals surface area contributed by atoms with Crippen molar-refractivity contribution in [3.8, 4) is 0 Å². The zero-order valence-electron chi connectivity index (χ0n) is 9.97. The molecule has 0 heterocycles. The lowest BCUT2D eigenvalue weighted by Gasteiger charge is -2.30. The molecule has 0 rings (SSSR count). The van der Waals surface area contributed by atoms with Crippen molar-refractivity contribution in [2.45, 2.75) is 59.8 Å². The number of carbonyl (C=O) groups is 1.